The molecule has 7 nitrogen and oxygen atoms in total. The fourth-order valence-corrected chi connectivity index (χ4v) is 3.74. The fourth-order valence-electron chi connectivity index (χ4n) is 3.61. The van der Waals surface area contributed by atoms with E-state index < -0.39 is 30.4 Å². The molecular weight excluding hydrogens is 471 g/mol. The molecule has 0 aliphatic carbocycles. The Morgan fingerprint density at radius 2 is 1.94 bits per heavy atom. The molecule has 4 rings (SSSR count). The van der Waals surface area contributed by atoms with Crippen LogP contribution >= 0.6 is 11.6 Å². The van der Waals surface area contributed by atoms with Crippen LogP contribution in [0.3, 0.4) is 0 Å². The van der Waals surface area contributed by atoms with Crippen LogP contribution < -0.4 is 0 Å². The summed E-state index contributed by atoms with van der Waals surface area (Å²) in [6.07, 6.45) is 2.01. The van der Waals surface area contributed by atoms with Gasteiger partial charge in [0.1, 0.15) is 5.82 Å². The van der Waals surface area contributed by atoms with Gasteiger partial charge in [0.15, 0.2) is 0 Å². The topological polar surface area (TPSA) is 111 Å². The van der Waals surface area contributed by atoms with E-state index >= 15 is 0 Å². The summed E-state index contributed by atoms with van der Waals surface area (Å²) in [7, 11) is 0. The van der Waals surface area contributed by atoms with Gasteiger partial charge in [0.25, 0.3) is 5.91 Å². The Morgan fingerprint density at radius 1 is 1.14 bits per heavy atom. The Balaban J connectivity index is 1.62. The van der Waals surface area contributed by atoms with E-state index in [2.05, 4.69) is 20.2 Å². The van der Waals surface area contributed by atoms with Crippen LogP contribution in [0.1, 0.15) is 16.1 Å². The molecule has 2 aromatic carbocycles. The number of H-pyrrole nitrogens is 1. The molecule has 2 unspecified atom stereocenters. The Labute approximate surface area is 206 Å². The van der Waals surface area contributed by atoms with E-state index in [0.717, 1.165) is 5.56 Å². The summed E-state index contributed by atoms with van der Waals surface area (Å²) in [5.74, 6) is -1.98. The maximum absolute atomic E-state index is 14.9. The zero-order valence-electron chi connectivity index (χ0n) is 18.5. The second-order valence-electron chi connectivity index (χ2n) is 7.86. The lowest BCUT2D eigenvalue weighted by Crippen LogP contribution is -2.28. The number of nitrogens with one attached hydrogen (secondary N) is 1. The molecule has 0 saturated heterocycles. The van der Waals surface area contributed by atoms with Crippen LogP contribution in [0, 0.1) is 11.7 Å². The van der Waals surface area contributed by atoms with Gasteiger partial charge in [0, 0.05) is 40.2 Å². The first-order valence-corrected chi connectivity index (χ1v) is 11.2. The van der Waals surface area contributed by atoms with Crippen molar-refractivity contribution in [2.24, 2.45) is 10.9 Å². The van der Waals surface area contributed by atoms with Crippen molar-refractivity contribution in [3.05, 3.63) is 95.0 Å². The number of aromatic amines is 1. The number of aliphatic hydroxyl groups is 2. The van der Waals surface area contributed by atoms with Crippen molar-refractivity contribution in [1.29, 1.82) is 0 Å². The van der Waals surface area contributed by atoms with Crippen LogP contribution in [0.5, 0.6) is 0 Å². The van der Waals surface area contributed by atoms with Crippen LogP contribution in [0.25, 0.3) is 22.5 Å². The highest BCUT2D eigenvalue weighted by Gasteiger charge is 2.21. The molecule has 4 aromatic rings. The SMILES string of the molecule is O=C(N=CC(Cc1ccccn1)C(O)CO)c1cccc(F)c1-c1cc(-c2ccc(Cl)cc2)n[nH]1. The minimum absolute atomic E-state index is 0.0302. The summed E-state index contributed by atoms with van der Waals surface area (Å²) < 4.78 is 14.9. The molecule has 0 bridgehead atoms. The maximum atomic E-state index is 14.9. The zero-order valence-corrected chi connectivity index (χ0v) is 19.2. The number of benzene rings is 2. The minimum Gasteiger partial charge on any atom is -0.394 e. The molecule has 0 saturated carbocycles. The second-order valence-corrected chi connectivity index (χ2v) is 8.29. The number of aliphatic imine (C=N–C) groups is 1. The summed E-state index contributed by atoms with van der Waals surface area (Å²) in [6, 6.07) is 18.1. The molecular formula is C26H22ClFN4O3. The molecule has 9 heteroatoms. The molecule has 2 heterocycles. The number of rotatable bonds is 8. The Kier molecular flexibility index (Phi) is 7.77. The minimum atomic E-state index is -1.14. The van der Waals surface area contributed by atoms with Crippen LogP contribution in [0.15, 0.2) is 77.9 Å². The van der Waals surface area contributed by atoms with Gasteiger partial charge in [-0.05, 0) is 48.9 Å². The first kappa shape index (κ1) is 24.4. The molecule has 0 spiro atoms. The largest absolute Gasteiger partial charge is 0.394 e. The summed E-state index contributed by atoms with van der Waals surface area (Å²) >= 11 is 5.94. The first-order chi connectivity index (χ1) is 17.0. The summed E-state index contributed by atoms with van der Waals surface area (Å²) in [5, 5.41) is 27.2. The third kappa shape index (κ3) is 5.86. The molecule has 1 amide bonds. The van der Waals surface area contributed by atoms with Crippen LogP contribution in [0.4, 0.5) is 4.39 Å². The normalized spacial score (nSPS) is 13.1. The predicted molar refractivity (Wildman–Crippen MR) is 132 cm³/mol. The monoisotopic (exact) mass is 492 g/mol. The highest BCUT2D eigenvalue weighted by molar-refractivity contribution is 6.30. The highest BCUT2D eigenvalue weighted by atomic mass is 35.5. The van der Waals surface area contributed by atoms with Crippen molar-refractivity contribution in [1.82, 2.24) is 15.2 Å². The average molecular weight is 493 g/mol. The number of aromatic nitrogens is 3. The van der Waals surface area contributed by atoms with E-state index in [1.165, 1.54) is 24.4 Å². The van der Waals surface area contributed by atoms with Gasteiger partial charge in [-0.25, -0.2) is 9.38 Å². The fraction of sp³-hybridized carbons (Fsp3) is 0.154. The Bertz CT molecular complexity index is 1330. The summed E-state index contributed by atoms with van der Waals surface area (Å²) in [5.41, 5.74) is 2.38. The van der Waals surface area contributed by atoms with Gasteiger partial charge in [-0.3, -0.25) is 14.9 Å². The molecule has 0 radical (unpaired) electrons. The number of halogens is 2. The number of nitrogens with zero attached hydrogens (tertiary/aromatic N) is 3. The number of carbonyl (C=O) groups is 1. The van der Waals surface area contributed by atoms with Crippen molar-refractivity contribution in [3.8, 4) is 22.5 Å². The van der Waals surface area contributed by atoms with Crippen molar-refractivity contribution in [2.75, 3.05) is 6.61 Å². The highest BCUT2D eigenvalue weighted by Crippen LogP contribution is 2.30. The van der Waals surface area contributed by atoms with Gasteiger partial charge in [-0.1, -0.05) is 35.9 Å². The third-order valence-corrected chi connectivity index (χ3v) is 5.72. The van der Waals surface area contributed by atoms with Crippen molar-refractivity contribution >= 4 is 23.7 Å². The molecule has 0 aliphatic rings. The lowest BCUT2D eigenvalue weighted by molar-refractivity contribution is 0.0698. The van der Waals surface area contributed by atoms with Gasteiger partial charge in [-0.15, -0.1) is 0 Å². The standard InChI is InChI=1S/C26H22ClFN4O3/c27-18-9-7-16(8-10-18)22-13-23(32-31-22)25-20(5-3-6-21(25)28)26(35)30-14-17(24(34)15-33)12-19-4-1-2-11-29-19/h1-11,13-14,17,24,33-34H,12,15H2,(H,31,32). The van der Waals surface area contributed by atoms with Crippen LogP contribution in [-0.2, 0) is 6.42 Å². The molecule has 178 valence electrons. The molecule has 35 heavy (non-hydrogen) atoms. The van der Waals surface area contributed by atoms with Crippen molar-refractivity contribution in [3.63, 3.8) is 0 Å². The number of aliphatic hydroxyl groups excluding tert-OH is 2. The lowest BCUT2D eigenvalue weighted by Gasteiger charge is -2.16. The second kappa shape index (κ2) is 11.1. The van der Waals surface area contributed by atoms with E-state index in [1.807, 2.05) is 0 Å². The number of hydrogen-bond acceptors (Lipinski definition) is 5. The lowest BCUT2D eigenvalue weighted by atomic mass is 9.97. The van der Waals surface area contributed by atoms with Gasteiger partial charge in [0.2, 0.25) is 0 Å². The van der Waals surface area contributed by atoms with Crippen LogP contribution in [0.2, 0.25) is 5.02 Å². The molecule has 0 aliphatic heterocycles. The van der Waals surface area contributed by atoms with E-state index in [4.69, 9.17) is 11.6 Å². The Hall–Kier alpha value is -3.72. The smallest absolute Gasteiger partial charge is 0.277 e. The van der Waals surface area contributed by atoms with E-state index in [0.29, 0.717) is 22.1 Å². The maximum Gasteiger partial charge on any atom is 0.277 e. The van der Waals surface area contributed by atoms with E-state index in [1.54, 1.807) is 54.7 Å². The summed E-state index contributed by atoms with van der Waals surface area (Å²) in [4.78, 5) is 21.2. The molecule has 2 atom stereocenters. The zero-order chi connectivity index (χ0) is 24.8. The van der Waals surface area contributed by atoms with E-state index in [-0.39, 0.29) is 17.5 Å². The number of hydrogen-bond donors (Lipinski definition) is 3. The number of carbonyl (C=O) groups excluding carboxylic acids is 1. The van der Waals surface area contributed by atoms with Crippen LogP contribution in [-0.4, -0.2) is 50.2 Å². The Morgan fingerprint density at radius 3 is 2.66 bits per heavy atom. The van der Waals surface area contributed by atoms with Gasteiger partial charge in [-0.2, -0.15) is 5.10 Å². The predicted octanol–water partition coefficient (Wildman–Crippen LogP) is 4.35. The molecule has 0 fully saturated rings. The summed E-state index contributed by atoms with van der Waals surface area (Å²) in [6.45, 7) is -0.509. The van der Waals surface area contributed by atoms with Gasteiger partial charge >= 0.3 is 0 Å². The number of amides is 1. The number of pyridine rings is 1. The van der Waals surface area contributed by atoms with Gasteiger partial charge in [0.05, 0.1) is 29.7 Å². The third-order valence-electron chi connectivity index (χ3n) is 5.47. The quantitative estimate of drug-likeness (QED) is 0.316. The first-order valence-electron chi connectivity index (χ1n) is 10.8. The van der Waals surface area contributed by atoms with Gasteiger partial charge < -0.3 is 10.2 Å². The molecule has 2 aromatic heterocycles. The molecule has 3 N–H and O–H groups in total. The van der Waals surface area contributed by atoms with Crippen molar-refractivity contribution in [2.45, 2.75) is 12.5 Å². The average Bonchev–Trinajstić information content (AvgIpc) is 3.36. The van der Waals surface area contributed by atoms with Crippen molar-refractivity contribution < 1.29 is 19.4 Å². The van der Waals surface area contributed by atoms with E-state index in [9.17, 15) is 19.4 Å².